The predicted molar refractivity (Wildman–Crippen MR) is 72.9 cm³/mol. The fourth-order valence-electron chi connectivity index (χ4n) is 2.02. The second kappa shape index (κ2) is 6.43. The van der Waals surface area contributed by atoms with Gasteiger partial charge in [-0.05, 0) is 49.2 Å². The first kappa shape index (κ1) is 13.7. The average Bonchev–Trinajstić information content (AvgIpc) is 2.40. The van der Waals surface area contributed by atoms with Crippen LogP contribution in [0, 0.1) is 18.6 Å². The van der Waals surface area contributed by atoms with Crippen molar-refractivity contribution in [2.75, 3.05) is 6.54 Å². The van der Waals surface area contributed by atoms with Crippen LogP contribution < -0.4 is 5.32 Å². The van der Waals surface area contributed by atoms with Crippen LogP contribution in [0.2, 0.25) is 0 Å². The minimum atomic E-state index is -0.405. The van der Waals surface area contributed by atoms with Crippen LogP contribution in [-0.2, 0) is 13.0 Å². The van der Waals surface area contributed by atoms with E-state index in [0.29, 0.717) is 12.1 Å². The van der Waals surface area contributed by atoms with E-state index >= 15 is 0 Å². The van der Waals surface area contributed by atoms with E-state index in [1.807, 2.05) is 12.1 Å². The lowest BCUT2D eigenvalue weighted by atomic mass is 10.1. The number of hydrogen-bond donors (Lipinski definition) is 1. The Morgan fingerprint density at radius 1 is 1.00 bits per heavy atom. The van der Waals surface area contributed by atoms with Gasteiger partial charge < -0.3 is 5.32 Å². The van der Waals surface area contributed by atoms with Crippen molar-refractivity contribution < 1.29 is 8.78 Å². The van der Waals surface area contributed by atoms with Crippen molar-refractivity contribution in [2.24, 2.45) is 0 Å². The Labute approximate surface area is 112 Å². The van der Waals surface area contributed by atoms with Gasteiger partial charge in [-0.1, -0.05) is 24.3 Å². The molecule has 0 aliphatic carbocycles. The molecule has 0 saturated carbocycles. The van der Waals surface area contributed by atoms with Crippen molar-refractivity contribution in [3.8, 4) is 0 Å². The smallest absolute Gasteiger partial charge is 0.127 e. The highest BCUT2D eigenvalue weighted by molar-refractivity contribution is 5.25. The second-order valence-corrected chi connectivity index (χ2v) is 4.59. The molecule has 0 saturated heterocycles. The first-order valence-corrected chi connectivity index (χ1v) is 6.36. The lowest BCUT2D eigenvalue weighted by Gasteiger charge is -2.08. The Kier molecular flexibility index (Phi) is 4.63. The maximum absolute atomic E-state index is 13.4. The van der Waals surface area contributed by atoms with Crippen LogP contribution in [0.4, 0.5) is 8.78 Å². The van der Waals surface area contributed by atoms with Crippen LogP contribution in [0.25, 0.3) is 0 Å². The zero-order valence-electron chi connectivity index (χ0n) is 10.9. The quantitative estimate of drug-likeness (QED) is 0.811. The van der Waals surface area contributed by atoms with Crippen molar-refractivity contribution in [1.29, 1.82) is 0 Å². The second-order valence-electron chi connectivity index (χ2n) is 4.59. The first-order chi connectivity index (χ1) is 9.16. The van der Waals surface area contributed by atoms with Gasteiger partial charge in [0.25, 0.3) is 0 Å². The van der Waals surface area contributed by atoms with Crippen molar-refractivity contribution in [1.82, 2.24) is 5.32 Å². The van der Waals surface area contributed by atoms with E-state index in [1.54, 1.807) is 0 Å². The van der Waals surface area contributed by atoms with E-state index in [9.17, 15) is 8.78 Å². The third kappa shape index (κ3) is 3.86. The molecule has 0 fully saturated rings. The average molecular weight is 261 g/mol. The van der Waals surface area contributed by atoms with Crippen LogP contribution in [0.1, 0.15) is 16.7 Å². The number of halogens is 2. The number of aryl methyl sites for hydroxylation is 1. The van der Waals surface area contributed by atoms with Crippen LogP contribution >= 0.6 is 0 Å². The summed E-state index contributed by atoms with van der Waals surface area (Å²) >= 11 is 0. The maximum atomic E-state index is 13.4. The third-order valence-corrected chi connectivity index (χ3v) is 3.16. The maximum Gasteiger partial charge on any atom is 0.127 e. The molecule has 0 aliphatic rings. The van der Waals surface area contributed by atoms with Gasteiger partial charge in [0, 0.05) is 12.1 Å². The third-order valence-electron chi connectivity index (χ3n) is 3.16. The van der Waals surface area contributed by atoms with Gasteiger partial charge >= 0.3 is 0 Å². The molecule has 3 heteroatoms. The number of benzene rings is 2. The standard InChI is InChI=1S/C16H17F2N/c1-12-4-2-3-5-13(12)8-9-19-11-14-10-15(17)6-7-16(14)18/h2-7,10,19H,8-9,11H2,1H3. The molecule has 0 heterocycles. The fraction of sp³-hybridized carbons (Fsp3) is 0.250. The van der Waals surface area contributed by atoms with Gasteiger partial charge in [-0.3, -0.25) is 0 Å². The molecule has 0 radical (unpaired) electrons. The van der Waals surface area contributed by atoms with Crippen LogP contribution in [0.15, 0.2) is 42.5 Å². The predicted octanol–water partition coefficient (Wildman–Crippen LogP) is 3.61. The molecular weight excluding hydrogens is 244 g/mol. The molecule has 0 spiro atoms. The number of hydrogen-bond acceptors (Lipinski definition) is 1. The van der Waals surface area contributed by atoms with E-state index in [0.717, 1.165) is 25.1 Å². The zero-order valence-corrected chi connectivity index (χ0v) is 10.9. The van der Waals surface area contributed by atoms with Crippen molar-refractivity contribution >= 4 is 0 Å². The molecule has 0 aromatic heterocycles. The highest BCUT2D eigenvalue weighted by atomic mass is 19.1. The van der Waals surface area contributed by atoms with Crippen molar-refractivity contribution in [3.05, 3.63) is 70.8 Å². The SMILES string of the molecule is Cc1ccccc1CCNCc1cc(F)ccc1F. The molecule has 0 amide bonds. The lowest BCUT2D eigenvalue weighted by molar-refractivity contribution is 0.569. The Morgan fingerprint density at radius 2 is 1.79 bits per heavy atom. The van der Waals surface area contributed by atoms with Crippen molar-refractivity contribution in [2.45, 2.75) is 19.9 Å². The minimum Gasteiger partial charge on any atom is -0.312 e. The van der Waals surface area contributed by atoms with E-state index in [-0.39, 0.29) is 5.82 Å². The summed E-state index contributed by atoms with van der Waals surface area (Å²) in [6, 6.07) is 11.7. The number of rotatable bonds is 5. The van der Waals surface area contributed by atoms with Gasteiger partial charge in [-0.15, -0.1) is 0 Å². The van der Waals surface area contributed by atoms with Crippen LogP contribution in [-0.4, -0.2) is 6.54 Å². The van der Waals surface area contributed by atoms with Gasteiger partial charge in [-0.2, -0.15) is 0 Å². The monoisotopic (exact) mass is 261 g/mol. The Morgan fingerprint density at radius 3 is 2.58 bits per heavy atom. The summed E-state index contributed by atoms with van der Waals surface area (Å²) in [5, 5.41) is 3.14. The van der Waals surface area contributed by atoms with Gasteiger partial charge in [0.2, 0.25) is 0 Å². The molecule has 0 atom stereocenters. The topological polar surface area (TPSA) is 12.0 Å². The highest BCUT2D eigenvalue weighted by Gasteiger charge is 2.03. The van der Waals surface area contributed by atoms with Gasteiger partial charge in [0.05, 0.1) is 0 Å². The van der Waals surface area contributed by atoms with E-state index in [2.05, 4.69) is 24.4 Å². The normalized spacial score (nSPS) is 10.7. The van der Waals surface area contributed by atoms with Gasteiger partial charge in [0.1, 0.15) is 11.6 Å². The molecule has 0 aliphatic heterocycles. The summed E-state index contributed by atoms with van der Waals surface area (Å²) in [7, 11) is 0. The van der Waals surface area contributed by atoms with E-state index < -0.39 is 5.82 Å². The largest absolute Gasteiger partial charge is 0.312 e. The molecule has 0 unspecified atom stereocenters. The summed E-state index contributed by atoms with van der Waals surface area (Å²) < 4.78 is 26.4. The Balaban J connectivity index is 1.84. The highest BCUT2D eigenvalue weighted by Crippen LogP contribution is 2.10. The van der Waals surface area contributed by atoms with Crippen molar-refractivity contribution in [3.63, 3.8) is 0 Å². The molecule has 100 valence electrons. The summed E-state index contributed by atoms with van der Waals surface area (Å²) in [6.45, 7) is 3.15. The zero-order chi connectivity index (χ0) is 13.7. The molecule has 1 N–H and O–H groups in total. The fourth-order valence-corrected chi connectivity index (χ4v) is 2.02. The minimum absolute atomic E-state index is 0.343. The van der Waals surface area contributed by atoms with Crippen LogP contribution in [0.5, 0.6) is 0 Å². The molecule has 0 bridgehead atoms. The molecule has 19 heavy (non-hydrogen) atoms. The Bertz CT molecular complexity index is 552. The molecule has 2 aromatic rings. The van der Waals surface area contributed by atoms with Gasteiger partial charge in [-0.25, -0.2) is 8.78 Å². The van der Waals surface area contributed by atoms with E-state index in [4.69, 9.17) is 0 Å². The molecule has 1 nitrogen and oxygen atoms in total. The Hall–Kier alpha value is -1.74. The molecular formula is C16H17F2N. The number of nitrogens with one attached hydrogen (secondary N) is 1. The van der Waals surface area contributed by atoms with Crippen LogP contribution in [0.3, 0.4) is 0 Å². The first-order valence-electron chi connectivity index (χ1n) is 6.36. The summed E-state index contributed by atoms with van der Waals surface area (Å²) in [6.07, 6.45) is 0.879. The molecule has 2 aromatic carbocycles. The summed E-state index contributed by atoms with van der Waals surface area (Å²) in [4.78, 5) is 0. The lowest BCUT2D eigenvalue weighted by Crippen LogP contribution is -2.18. The summed E-state index contributed by atoms with van der Waals surface area (Å²) in [5.41, 5.74) is 2.89. The molecule has 2 rings (SSSR count). The van der Waals surface area contributed by atoms with Gasteiger partial charge in [0.15, 0.2) is 0 Å². The van der Waals surface area contributed by atoms with E-state index in [1.165, 1.54) is 17.2 Å². The summed E-state index contributed by atoms with van der Waals surface area (Å²) in [5.74, 6) is -0.776.